The Morgan fingerprint density at radius 1 is 1.37 bits per heavy atom. The maximum absolute atomic E-state index is 12.3. The molecule has 1 atom stereocenters. The molecular weight excluding hydrogens is 386 g/mol. The summed E-state index contributed by atoms with van der Waals surface area (Å²) in [5, 5.41) is 13.0. The van der Waals surface area contributed by atoms with Gasteiger partial charge in [0, 0.05) is 12.1 Å². The minimum absolute atomic E-state index is 0.143. The minimum Gasteiger partial charge on any atom is -0.507 e. The van der Waals surface area contributed by atoms with Crippen molar-refractivity contribution in [1.82, 2.24) is 15.3 Å². The molecule has 30 heavy (non-hydrogen) atoms. The summed E-state index contributed by atoms with van der Waals surface area (Å²) in [5.74, 6) is 0.370. The molecule has 0 radical (unpaired) electrons. The van der Waals surface area contributed by atoms with E-state index < -0.39 is 5.60 Å². The van der Waals surface area contributed by atoms with Gasteiger partial charge in [-0.15, -0.1) is 0 Å². The molecule has 1 unspecified atom stereocenters. The predicted octanol–water partition coefficient (Wildman–Crippen LogP) is 3.27. The van der Waals surface area contributed by atoms with Crippen molar-refractivity contribution in [2.45, 2.75) is 38.8 Å². The van der Waals surface area contributed by atoms with Crippen LogP contribution in [0.25, 0.3) is 11.0 Å². The van der Waals surface area contributed by atoms with E-state index in [1.54, 1.807) is 13.8 Å². The van der Waals surface area contributed by atoms with Gasteiger partial charge in [0.2, 0.25) is 0 Å². The number of aromatic amines is 1. The third kappa shape index (κ3) is 3.94. The number of aromatic nitrogens is 2. The van der Waals surface area contributed by atoms with E-state index in [9.17, 15) is 14.7 Å². The second-order valence-electron chi connectivity index (χ2n) is 7.99. The number of nitrogens with one attached hydrogen (secondary N) is 2. The lowest BCUT2D eigenvalue weighted by Crippen LogP contribution is -2.36. The molecule has 2 heterocycles. The fourth-order valence-electron chi connectivity index (χ4n) is 3.51. The van der Waals surface area contributed by atoms with Crippen LogP contribution in [0, 0.1) is 0 Å². The Morgan fingerprint density at radius 2 is 2.13 bits per heavy atom. The fourth-order valence-corrected chi connectivity index (χ4v) is 3.51. The molecule has 8 heteroatoms. The number of hydrogen-bond donors (Lipinski definition) is 3. The zero-order valence-corrected chi connectivity index (χ0v) is 17.0. The summed E-state index contributed by atoms with van der Waals surface area (Å²) in [5.41, 5.74) is 1.19. The fraction of sp³-hybridized carbons (Fsp3) is 0.318. The van der Waals surface area contributed by atoms with Gasteiger partial charge in [0.05, 0.1) is 23.5 Å². The van der Waals surface area contributed by atoms with Crippen molar-refractivity contribution in [3.63, 3.8) is 0 Å². The summed E-state index contributed by atoms with van der Waals surface area (Å²) in [7, 11) is 0. The highest BCUT2D eigenvalue weighted by Crippen LogP contribution is 2.40. The Morgan fingerprint density at radius 3 is 2.90 bits per heavy atom. The number of phenolic OH excluding ortho intramolecular Hbond substituents is 1. The van der Waals surface area contributed by atoms with Crippen LogP contribution in [0.3, 0.4) is 0 Å². The number of nitrogens with zero attached hydrogens (tertiary/aromatic N) is 1. The molecule has 3 N–H and O–H groups in total. The number of carbonyl (C=O) groups excluding carboxylic acids is 2. The Labute approximate surface area is 173 Å². The molecule has 1 aliphatic rings. The van der Waals surface area contributed by atoms with Crippen LogP contribution < -0.4 is 14.8 Å². The molecule has 1 aliphatic heterocycles. The van der Waals surface area contributed by atoms with E-state index in [1.807, 2.05) is 31.2 Å². The quantitative estimate of drug-likeness (QED) is 0.596. The van der Waals surface area contributed by atoms with Gasteiger partial charge in [-0.25, -0.2) is 4.98 Å². The van der Waals surface area contributed by atoms with E-state index in [-0.39, 0.29) is 53.6 Å². The van der Waals surface area contributed by atoms with E-state index in [0.717, 1.165) is 11.0 Å². The third-order valence-corrected chi connectivity index (χ3v) is 4.87. The maximum Gasteiger partial charge on any atom is 0.258 e. The number of ether oxygens (including phenoxy) is 2. The standard InChI is InChI=1S/C22H23N3O5/c1-12(21-24-14-6-4-5-7-15(14)25-21)23-19(28)11-29-13-8-16(26)20-17(27)10-22(2,3)30-18(20)9-13/h4-9,12,26H,10-11H2,1-3H3,(H,23,28)(H,24,25). The molecule has 1 amide bonds. The Balaban J connectivity index is 1.41. The molecule has 0 aliphatic carbocycles. The number of para-hydroxylation sites is 2. The summed E-state index contributed by atoms with van der Waals surface area (Å²) in [6.07, 6.45) is 0.176. The number of benzene rings is 2. The van der Waals surface area contributed by atoms with Gasteiger partial charge >= 0.3 is 0 Å². The Hall–Kier alpha value is -3.55. The zero-order chi connectivity index (χ0) is 21.5. The molecule has 0 bridgehead atoms. The number of fused-ring (bicyclic) bond motifs is 2. The van der Waals surface area contributed by atoms with Crippen LogP contribution in [0.5, 0.6) is 17.2 Å². The van der Waals surface area contributed by atoms with Gasteiger partial charge in [0.25, 0.3) is 5.91 Å². The first-order chi connectivity index (χ1) is 14.2. The predicted molar refractivity (Wildman–Crippen MR) is 110 cm³/mol. The van der Waals surface area contributed by atoms with Gasteiger partial charge in [0.15, 0.2) is 12.4 Å². The first kappa shape index (κ1) is 19.8. The number of rotatable bonds is 5. The summed E-state index contributed by atoms with van der Waals surface area (Å²) < 4.78 is 11.3. The number of imidazole rings is 1. The number of Topliss-reactive ketones (excluding diaryl/α,β-unsaturated/α-hetero) is 1. The molecule has 0 saturated carbocycles. The highest BCUT2D eigenvalue weighted by Gasteiger charge is 2.35. The van der Waals surface area contributed by atoms with Gasteiger partial charge in [-0.3, -0.25) is 9.59 Å². The van der Waals surface area contributed by atoms with Gasteiger partial charge in [0.1, 0.15) is 34.2 Å². The first-order valence-corrected chi connectivity index (χ1v) is 9.68. The summed E-state index contributed by atoms with van der Waals surface area (Å²) in [4.78, 5) is 32.2. The normalized spacial score (nSPS) is 15.9. The highest BCUT2D eigenvalue weighted by molar-refractivity contribution is 6.03. The Kier molecular flexibility index (Phi) is 4.85. The molecule has 1 aromatic heterocycles. The zero-order valence-electron chi connectivity index (χ0n) is 17.0. The monoisotopic (exact) mass is 409 g/mol. The van der Waals surface area contributed by atoms with E-state index in [0.29, 0.717) is 5.82 Å². The molecule has 0 spiro atoms. The molecule has 3 aromatic rings. The summed E-state index contributed by atoms with van der Waals surface area (Å²) in [6, 6.07) is 10.1. The van der Waals surface area contributed by atoms with Crippen LogP contribution in [0.15, 0.2) is 36.4 Å². The number of H-pyrrole nitrogens is 1. The van der Waals surface area contributed by atoms with Crippen molar-refractivity contribution in [2.24, 2.45) is 0 Å². The lowest BCUT2D eigenvalue weighted by atomic mass is 9.92. The number of carbonyl (C=O) groups is 2. The van der Waals surface area contributed by atoms with E-state index >= 15 is 0 Å². The van der Waals surface area contributed by atoms with Crippen LogP contribution in [0.2, 0.25) is 0 Å². The van der Waals surface area contributed by atoms with Gasteiger partial charge < -0.3 is 24.9 Å². The van der Waals surface area contributed by atoms with Crippen molar-refractivity contribution in [2.75, 3.05) is 6.61 Å². The molecule has 0 saturated heterocycles. The number of hydrogen-bond acceptors (Lipinski definition) is 6. The molecule has 156 valence electrons. The van der Waals surface area contributed by atoms with Gasteiger partial charge in [-0.05, 0) is 32.9 Å². The largest absolute Gasteiger partial charge is 0.507 e. The number of ketones is 1. The summed E-state index contributed by atoms with van der Waals surface area (Å²) in [6.45, 7) is 5.15. The number of aromatic hydroxyl groups is 1. The van der Waals surface area contributed by atoms with Gasteiger partial charge in [-0.2, -0.15) is 0 Å². The lowest BCUT2D eigenvalue weighted by molar-refractivity contribution is -0.123. The average Bonchev–Trinajstić information content (AvgIpc) is 3.09. The highest BCUT2D eigenvalue weighted by atomic mass is 16.5. The van der Waals surface area contributed by atoms with Crippen LogP contribution >= 0.6 is 0 Å². The van der Waals surface area contributed by atoms with E-state index in [4.69, 9.17) is 9.47 Å². The van der Waals surface area contributed by atoms with Crippen molar-refractivity contribution in [3.05, 3.63) is 47.8 Å². The average molecular weight is 409 g/mol. The Bertz CT molecular complexity index is 1100. The second kappa shape index (κ2) is 7.37. The number of amides is 1. The topological polar surface area (TPSA) is 114 Å². The van der Waals surface area contributed by atoms with Crippen LogP contribution in [0.4, 0.5) is 0 Å². The molecule has 2 aromatic carbocycles. The van der Waals surface area contributed by atoms with Crippen molar-refractivity contribution in [1.29, 1.82) is 0 Å². The third-order valence-electron chi connectivity index (χ3n) is 4.87. The molecule has 8 nitrogen and oxygen atoms in total. The van der Waals surface area contributed by atoms with Gasteiger partial charge in [-0.1, -0.05) is 12.1 Å². The SMILES string of the molecule is CC(NC(=O)COc1cc(O)c2c(c1)OC(C)(C)CC2=O)c1nc2ccccc2[nH]1. The smallest absolute Gasteiger partial charge is 0.258 e. The van der Waals surface area contributed by atoms with Crippen LogP contribution in [0.1, 0.15) is 49.4 Å². The number of phenols is 1. The van der Waals surface area contributed by atoms with Crippen LogP contribution in [-0.2, 0) is 4.79 Å². The van der Waals surface area contributed by atoms with E-state index in [1.165, 1.54) is 12.1 Å². The van der Waals surface area contributed by atoms with E-state index in [2.05, 4.69) is 15.3 Å². The maximum atomic E-state index is 12.3. The molecule has 0 fully saturated rings. The molecular formula is C22H23N3O5. The van der Waals surface area contributed by atoms with Crippen molar-refractivity contribution < 1.29 is 24.2 Å². The van der Waals surface area contributed by atoms with Crippen molar-refractivity contribution >= 4 is 22.7 Å². The van der Waals surface area contributed by atoms with Crippen molar-refractivity contribution in [3.8, 4) is 17.2 Å². The van der Waals surface area contributed by atoms with Crippen LogP contribution in [-0.4, -0.2) is 39.0 Å². The first-order valence-electron chi connectivity index (χ1n) is 9.68. The summed E-state index contributed by atoms with van der Waals surface area (Å²) >= 11 is 0. The minimum atomic E-state index is -0.672. The second-order valence-corrected chi connectivity index (χ2v) is 7.99. The lowest BCUT2D eigenvalue weighted by Gasteiger charge is -2.32. The molecule has 4 rings (SSSR count).